The molecule has 104 valence electrons. The van der Waals surface area contributed by atoms with Gasteiger partial charge < -0.3 is 16.0 Å². The summed E-state index contributed by atoms with van der Waals surface area (Å²) in [6.45, 7) is 5.69. The van der Waals surface area contributed by atoms with Gasteiger partial charge in [-0.2, -0.15) is 0 Å². The van der Waals surface area contributed by atoms with E-state index in [1.165, 1.54) is 25.9 Å². The minimum absolute atomic E-state index is 0.375. The molecule has 0 saturated carbocycles. The SMILES string of the molecule is CC(CN1CCCC1)Nc1cc(Br)ccc1C(N)=S. The van der Waals surface area contributed by atoms with Gasteiger partial charge >= 0.3 is 0 Å². The number of benzene rings is 1. The van der Waals surface area contributed by atoms with Crippen LogP contribution in [0.3, 0.4) is 0 Å². The maximum Gasteiger partial charge on any atom is 0.106 e. The summed E-state index contributed by atoms with van der Waals surface area (Å²) in [6, 6.07) is 6.33. The summed E-state index contributed by atoms with van der Waals surface area (Å²) in [4.78, 5) is 2.93. The standard InChI is InChI=1S/C14H20BrN3S/c1-10(9-18-6-2-3-7-18)17-13-8-11(15)4-5-12(13)14(16)19/h4-5,8,10,17H,2-3,6-7,9H2,1H3,(H2,16,19). The number of nitrogens with two attached hydrogens (primary N) is 1. The van der Waals surface area contributed by atoms with Crippen LogP contribution in [0.4, 0.5) is 5.69 Å². The Morgan fingerprint density at radius 1 is 1.47 bits per heavy atom. The van der Waals surface area contributed by atoms with Gasteiger partial charge in [0.15, 0.2) is 0 Å². The Morgan fingerprint density at radius 2 is 2.16 bits per heavy atom. The van der Waals surface area contributed by atoms with E-state index in [0.717, 1.165) is 22.3 Å². The van der Waals surface area contributed by atoms with Crippen LogP contribution in [0, 0.1) is 0 Å². The lowest BCUT2D eigenvalue weighted by Crippen LogP contribution is -2.33. The average Bonchev–Trinajstić information content (AvgIpc) is 2.81. The van der Waals surface area contributed by atoms with Gasteiger partial charge in [-0.3, -0.25) is 0 Å². The predicted octanol–water partition coefficient (Wildman–Crippen LogP) is 2.98. The number of halogens is 1. The third kappa shape index (κ3) is 4.16. The van der Waals surface area contributed by atoms with E-state index in [-0.39, 0.29) is 0 Å². The van der Waals surface area contributed by atoms with Gasteiger partial charge in [0.25, 0.3) is 0 Å². The number of nitrogens with zero attached hydrogens (tertiary/aromatic N) is 1. The molecule has 5 heteroatoms. The summed E-state index contributed by atoms with van der Waals surface area (Å²) in [6.07, 6.45) is 2.64. The second-order valence-electron chi connectivity index (χ2n) is 5.11. The van der Waals surface area contributed by atoms with Gasteiger partial charge in [0.1, 0.15) is 4.99 Å². The van der Waals surface area contributed by atoms with Crippen LogP contribution >= 0.6 is 28.1 Å². The van der Waals surface area contributed by atoms with Crippen LogP contribution < -0.4 is 11.1 Å². The number of rotatable bonds is 5. The van der Waals surface area contributed by atoms with Gasteiger partial charge in [-0.25, -0.2) is 0 Å². The quantitative estimate of drug-likeness (QED) is 0.808. The van der Waals surface area contributed by atoms with Crippen molar-refractivity contribution >= 4 is 38.8 Å². The molecule has 1 heterocycles. The molecule has 1 atom stereocenters. The van der Waals surface area contributed by atoms with Crippen LogP contribution in [0.1, 0.15) is 25.3 Å². The zero-order valence-electron chi connectivity index (χ0n) is 11.2. The van der Waals surface area contributed by atoms with Gasteiger partial charge in [-0.05, 0) is 51.1 Å². The monoisotopic (exact) mass is 341 g/mol. The van der Waals surface area contributed by atoms with Crippen molar-refractivity contribution in [1.82, 2.24) is 4.90 Å². The van der Waals surface area contributed by atoms with E-state index < -0.39 is 0 Å². The fourth-order valence-electron chi connectivity index (χ4n) is 2.51. The molecule has 0 spiro atoms. The molecular formula is C14H20BrN3S. The van der Waals surface area contributed by atoms with E-state index >= 15 is 0 Å². The fourth-order valence-corrected chi connectivity index (χ4v) is 3.05. The van der Waals surface area contributed by atoms with E-state index in [1.807, 2.05) is 18.2 Å². The minimum Gasteiger partial charge on any atom is -0.389 e. The first-order chi connectivity index (χ1) is 9.06. The molecule has 1 fully saturated rings. The van der Waals surface area contributed by atoms with Crippen molar-refractivity contribution in [2.24, 2.45) is 5.73 Å². The lowest BCUT2D eigenvalue weighted by molar-refractivity contribution is 0.328. The second kappa shape index (κ2) is 6.68. The Bertz CT molecular complexity index is 458. The lowest BCUT2D eigenvalue weighted by atomic mass is 10.1. The Balaban J connectivity index is 2.04. The smallest absolute Gasteiger partial charge is 0.106 e. The molecule has 0 amide bonds. The highest BCUT2D eigenvalue weighted by Crippen LogP contribution is 2.22. The van der Waals surface area contributed by atoms with Crippen molar-refractivity contribution in [3.63, 3.8) is 0 Å². The number of likely N-dealkylation sites (tertiary alicyclic amines) is 1. The van der Waals surface area contributed by atoms with Crippen LogP contribution in [-0.2, 0) is 0 Å². The van der Waals surface area contributed by atoms with Crippen LogP contribution in [-0.4, -0.2) is 35.6 Å². The highest BCUT2D eigenvalue weighted by Gasteiger charge is 2.15. The largest absolute Gasteiger partial charge is 0.389 e. The molecule has 2 rings (SSSR count). The summed E-state index contributed by atoms with van der Waals surface area (Å²) >= 11 is 8.59. The van der Waals surface area contributed by atoms with Crippen LogP contribution in [0.25, 0.3) is 0 Å². The first-order valence-corrected chi connectivity index (χ1v) is 7.84. The van der Waals surface area contributed by atoms with Crippen molar-refractivity contribution < 1.29 is 0 Å². The van der Waals surface area contributed by atoms with Crippen LogP contribution in [0.15, 0.2) is 22.7 Å². The molecule has 1 aliphatic heterocycles. The first kappa shape index (κ1) is 14.8. The Labute approximate surface area is 128 Å². The fraction of sp³-hybridized carbons (Fsp3) is 0.500. The molecule has 1 unspecified atom stereocenters. The van der Waals surface area contributed by atoms with E-state index in [1.54, 1.807) is 0 Å². The molecule has 0 aliphatic carbocycles. The topological polar surface area (TPSA) is 41.3 Å². The minimum atomic E-state index is 0.375. The third-order valence-corrected chi connectivity index (χ3v) is 4.09. The van der Waals surface area contributed by atoms with Gasteiger partial charge in [0, 0.05) is 28.3 Å². The third-order valence-electron chi connectivity index (χ3n) is 3.38. The van der Waals surface area contributed by atoms with Gasteiger partial charge in [0.2, 0.25) is 0 Å². The maximum atomic E-state index is 5.77. The molecule has 1 aromatic carbocycles. The Hall–Kier alpha value is -0.650. The van der Waals surface area contributed by atoms with Crippen molar-refractivity contribution in [3.05, 3.63) is 28.2 Å². The van der Waals surface area contributed by atoms with Crippen molar-refractivity contribution in [1.29, 1.82) is 0 Å². The summed E-state index contributed by atoms with van der Waals surface area (Å²) < 4.78 is 1.03. The van der Waals surface area contributed by atoms with Gasteiger partial charge in [-0.15, -0.1) is 0 Å². The number of hydrogen-bond acceptors (Lipinski definition) is 3. The lowest BCUT2D eigenvalue weighted by Gasteiger charge is -2.23. The molecule has 0 aromatic heterocycles. The highest BCUT2D eigenvalue weighted by atomic mass is 79.9. The zero-order valence-corrected chi connectivity index (χ0v) is 13.6. The molecular weight excluding hydrogens is 322 g/mol. The number of hydrogen-bond donors (Lipinski definition) is 2. The van der Waals surface area contributed by atoms with Crippen molar-refractivity contribution in [2.45, 2.75) is 25.8 Å². The molecule has 1 aliphatic rings. The molecule has 0 radical (unpaired) electrons. The van der Waals surface area contributed by atoms with E-state index in [9.17, 15) is 0 Å². The van der Waals surface area contributed by atoms with Crippen LogP contribution in [0.2, 0.25) is 0 Å². The predicted molar refractivity (Wildman–Crippen MR) is 88.8 cm³/mol. The van der Waals surface area contributed by atoms with E-state index in [2.05, 4.69) is 33.1 Å². The molecule has 3 nitrogen and oxygen atoms in total. The van der Waals surface area contributed by atoms with Crippen LogP contribution in [0.5, 0.6) is 0 Å². The summed E-state index contributed by atoms with van der Waals surface area (Å²) in [5.74, 6) is 0. The van der Waals surface area contributed by atoms with Crippen molar-refractivity contribution in [2.75, 3.05) is 25.0 Å². The molecule has 1 saturated heterocycles. The molecule has 3 N–H and O–H groups in total. The molecule has 0 bridgehead atoms. The average molecular weight is 342 g/mol. The Kier molecular flexibility index (Phi) is 5.19. The van der Waals surface area contributed by atoms with Gasteiger partial charge in [0.05, 0.1) is 0 Å². The molecule has 19 heavy (non-hydrogen) atoms. The summed E-state index contributed by atoms with van der Waals surface area (Å²) in [7, 11) is 0. The Morgan fingerprint density at radius 3 is 2.79 bits per heavy atom. The van der Waals surface area contributed by atoms with Crippen molar-refractivity contribution in [3.8, 4) is 0 Å². The zero-order chi connectivity index (χ0) is 13.8. The number of nitrogens with one attached hydrogen (secondary N) is 1. The summed E-state index contributed by atoms with van der Waals surface area (Å²) in [5.41, 5.74) is 7.69. The number of anilines is 1. The second-order valence-corrected chi connectivity index (χ2v) is 6.46. The highest BCUT2D eigenvalue weighted by molar-refractivity contribution is 9.10. The normalized spacial score (nSPS) is 17.4. The molecule has 1 aromatic rings. The van der Waals surface area contributed by atoms with E-state index in [0.29, 0.717) is 11.0 Å². The van der Waals surface area contributed by atoms with E-state index in [4.69, 9.17) is 18.0 Å². The summed E-state index contributed by atoms with van der Waals surface area (Å²) in [5, 5.41) is 3.52. The first-order valence-electron chi connectivity index (χ1n) is 6.64. The number of thiocarbonyl (C=S) groups is 1. The van der Waals surface area contributed by atoms with Gasteiger partial charge in [-0.1, -0.05) is 28.1 Å². The maximum absolute atomic E-state index is 5.77.